The Labute approximate surface area is 101 Å². The minimum absolute atomic E-state index is 0.226. The van der Waals surface area contributed by atoms with E-state index in [1.807, 2.05) is 26.2 Å². The first kappa shape index (κ1) is 13.5. The second-order valence-electron chi connectivity index (χ2n) is 3.43. The minimum atomic E-state index is -3.60. The normalized spacial score (nSPS) is 11.7. The molecule has 0 aliphatic carbocycles. The molecule has 0 spiro atoms. The minimum Gasteiger partial charge on any atom is -0.266 e. The average Bonchev–Trinajstić information content (AvgIpc) is 2.26. The highest BCUT2D eigenvalue weighted by molar-refractivity contribution is 7.99. The first-order valence-electron chi connectivity index (χ1n) is 5.05. The molecule has 1 rings (SSSR count). The van der Waals surface area contributed by atoms with Gasteiger partial charge in [-0.25, -0.2) is 0 Å². The number of aryl methyl sites for hydroxylation is 1. The maximum Gasteiger partial charge on any atom is 0.298 e. The molecule has 1 aromatic rings. The monoisotopic (exact) mass is 260 g/mol. The van der Waals surface area contributed by atoms with Gasteiger partial charge < -0.3 is 0 Å². The van der Waals surface area contributed by atoms with Crippen LogP contribution in [0.5, 0.6) is 0 Å². The second kappa shape index (κ2) is 5.70. The van der Waals surface area contributed by atoms with Crippen molar-refractivity contribution in [3.05, 3.63) is 23.8 Å². The van der Waals surface area contributed by atoms with Crippen LogP contribution in [0.15, 0.2) is 28.0 Å². The molecule has 0 unspecified atom stereocenters. The average molecular weight is 260 g/mol. The van der Waals surface area contributed by atoms with E-state index in [0.717, 1.165) is 10.5 Å². The fourth-order valence-corrected chi connectivity index (χ4v) is 3.42. The molecule has 3 nitrogen and oxygen atoms in total. The van der Waals surface area contributed by atoms with Crippen molar-refractivity contribution in [1.29, 1.82) is 0 Å². The molecular formula is C11H16O3S2. The van der Waals surface area contributed by atoms with Crippen molar-refractivity contribution in [1.82, 2.24) is 0 Å². The summed E-state index contributed by atoms with van der Waals surface area (Å²) in [5.74, 6) is 0. The number of benzene rings is 1. The van der Waals surface area contributed by atoms with Crippen LogP contribution in [0, 0.1) is 6.92 Å². The Balaban J connectivity index is 3.12. The smallest absolute Gasteiger partial charge is 0.266 e. The Bertz CT molecular complexity index is 452. The van der Waals surface area contributed by atoms with Crippen LogP contribution in [-0.2, 0) is 14.3 Å². The number of hydrogen-bond donors (Lipinski definition) is 0. The highest BCUT2D eigenvalue weighted by atomic mass is 32.2. The lowest BCUT2D eigenvalue weighted by molar-refractivity contribution is 0.317. The van der Waals surface area contributed by atoms with E-state index in [1.54, 1.807) is 12.1 Å². The molecule has 0 radical (unpaired) electrons. The zero-order valence-corrected chi connectivity index (χ0v) is 11.3. The Morgan fingerprint density at radius 2 is 2.06 bits per heavy atom. The molecule has 0 saturated heterocycles. The van der Waals surface area contributed by atoms with E-state index in [0.29, 0.717) is 6.42 Å². The molecule has 0 atom stereocenters. The SMILES string of the molecule is CCCOS(=O)(=O)c1ccc(C)cc1SC. The molecule has 0 aliphatic rings. The molecule has 0 aromatic heterocycles. The summed E-state index contributed by atoms with van der Waals surface area (Å²) in [6.07, 6.45) is 2.54. The van der Waals surface area contributed by atoms with Gasteiger partial charge >= 0.3 is 0 Å². The fraction of sp³-hybridized carbons (Fsp3) is 0.455. The zero-order chi connectivity index (χ0) is 12.2. The molecular weight excluding hydrogens is 244 g/mol. The van der Waals surface area contributed by atoms with E-state index < -0.39 is 10.1 Å². The summed E-state index contributed by atoms with van der Waals surface area (Å²) in [5, 5.41) is 0. The number of rotatable bonds is 5. The molecule has 16 heavy (non-hydrogen) atoms. The number of thioether (sulfide) groups is 1. The molecule has 0 bridgehead atoms. The van der Waals surface area contributed by atoms with E-state index in [4.69, 9.17) is 4.18 Å². The molecule has 5 heteroatoms. The lowest BCUT2D eigenvalue weighted by Crippen LogP contribution is -2.08. The summed E-state index contributed by atoms with van der Waals surface area (Å²) in [6.45, 7) is 4.03. The summed E-state index contributed by atoms with van der Waals surface area (Å²) in [6, 6.07) is 5.24. The van der Waals surface area contributed by atoms with E-state index in [1.165, 1.54) is 11.8 Å². The Hall–Kier alpha value is -0.520. The summed E-state index contributed by atoms with van der Waals surface area (Å²) in [5.41, 5.74) is 1.04. The van der Waals surface area contributed by atoms with Gasteiger partial charge in [0.1, 0.15) is 4.90 Å². The van der Waals surface area contributed by atoms with Gasteiger partial charge in [-0.3, -0.25) is 4.18 Å². The zero-order valence-electron chi connectivity index (χ0n) is 9.69. The van der Waals surface area contributed by atoms with Gasteiger partial charge in [0.15, 0.2) is 0 Å². The lowest BCUT2D eigenvalue weighted by atomic mass is 10.2. The first-order valence-corrected chi connectivity index (χ1v) is 7.68. The summed E-state index contributed by atoms with van der Waals surface area (Å²) in [7, 11) is -3.60. The van der Waals surface area contributed by atoms with Crippen molar-refractivity contribution < 1.29 is 12.6 Å². The molecule has 0 aliphatic heterocycles. The maximum absolute atomic E-state index is 11.8. The van der Waals surface area contributed by atoms with Crippen LogP contribution in [0.2, 0.25) is 0 Å². The van der Waals surface area contributed by atoms with Crippen LogP contribution in [0.1, 0.15) is 18.9 Å². The van der Waals surface area contributed by atoms with Crippen molar-refractivity contribution in [2.45, 2.75) is 30.1 Å². The van der Waals surface area contributed by atoms with Crippen molar-refractivity contribution in [2.75, 3.05) is 12.9 Å². The van der Waals surface area contributed by atoms with Gasteiger partial charge in [-0.15, -0.1) is 11.8 Å². The Kier molecular flexibility index (Phi) is 4.83. The molecule has 0 N–H and O–H groups in total. The van der Waals surface area contributed by atoms with Crippen molar-refractivity contribution in [2.24, 2.45) is 0 Å². The Morgan fingerprint density at radius 3 is 2.62 bits per heavy atom. The predicted molar refractivity (Wildman–Crippen MR) is 66.4 cm³/mol. The quantitative estimate of drug-likeness (QED) is 0.603. The highest BCUT2D eigenvalue weighted by Crippen LogP contribution is 2.27. The molecule has 1 aromatic carbocycles. The largest absolute Gasteiger partial charge is 0.298 e. The fourth-order valence-electron chi connectivity index (χ4n) is 1.24. The van der Waals surface area contributed by atoms with E-state index >= 15 is 0 Å². The van der Waals surface area contributed by atoms with E-state index in [2.05, 4.69) is 0 Å². The van der Waals surface area contributed by atoms with Crippen LogP contribution in [0.3, 0.4) is 0 Å². The van der Waals surface area contributed by atoms with E-state index in [9.17, 15) is 8.42 Å². The van der Waals surface area contributed by atoms with Crippen LogP contribution >= 0.6 is 11.8 Å². The van der Waals surface area contributed by atoms with Gasteiger partial charge in [0.25, 0.3) is 10.1 Å². The van der Waals surface area contributed by atoms with Crippen molar-refractivity contribution in [3.8, 4) is 0 Å². The second-order valence-corrected chi connectivity index (χ2v) is 5.86. The Morgan fingerprint density at radius 1 is 1.38 bits per heavy atom. The van der Waals surface area contributed by atoms with Crippen molar-refractivity contribution >= 4 is 21.9 Å². The predicted octanol–water partition coefficient (Wildman–Crippen LogP) is 2.83. The van der Waals surface area contributed by atoms with Gasteiger partial charge in [-0.05, 0) is 37.3 Å². The highest BCUT2D eigenvalue weighted by Gasteiger charge is 2.18. The first-order chi connectivity index (χ1) is 7.51. The van der Waals surface area contributed by atoms with Crippen LogP contribution in [-0.4, -0.2) is 21.3 Å². The summed E-state index contributed by atoms with van der Waals surface area (Å²) in [4.78, 5) is 0.996. The van der Waals surface area contributed by atoms with Crippen LogP contribution < -0.4 is 0 Å². The van der Waals surface area contributed by atoms with Crippen molar-refractivity contribution in [3.63, 3.8) is 0 Å². The van der Waals surface area contributed by atoms with Gasteiger partial charge in [0.2, 0.25) is 0 Å². The van der Waals surface area contributed by atoms with Gasteiger partial charge in [0, 0.05) is 4.90 Å². The summed E-state index contributed by atoms with van der Waals surface area (Å²) >= 11 is 1.41. The standard InChI is InChI=1S/C11H16O3S2/c1-4-7-14-16(12,13)11-6-5-9(2)8-10(11)15-3/h5-6,8H,4,7H2,1-3H3. The molecule has 0 fully saturated rings. The van der Waals surface area contributed by atoms with Crippen LogP contribution in [0.4, 0.5) is 0 Å². The topological polar surface area (TPSA) is 43.4 Å². The third kappa shape index (κ3) is 3.23. The van der Waals surface area contributed by atoms with E-state index in [-0.39, 0.29) is 11.5 Å². The number of hydrogen-bond acceptors (Lipinski definition) is 4. The summed E-state index contributed by atoms with van der Waals surface area (Å²) < 4.78 is 28.6. The lowest BCUT2D eigenvalue weighted by Gasteiger charge is -2.09. The molecule has 0 saturated carbocycles. The molecule has 0 amide bonds. The molecule has 90 valence electrons. The van der Waals surface area contributed by atoms with Gasteiger partial charge in [0.05, 0.1) is 6.61 Å². The van der Waals surface area contributed by atoms with Crippen LogP contribution in [0.25, 0.3) is 0 Å². The van der Waals surface area contributed by atoms with Gasteiger partial charge in [-0.2, -0.15) is 8.42 Å². The third-order valence-electron chi connectivity index (χ3n) is 2.03. The molecule has 0 heterocycles. The van der Waals surface area contributed by atoms with Gasteiger partial charge in [-0.1, -0.05) is 13.0 Å². The maximum atomic E-state index is 11.8. The third-order valence-corrected chi connectivity index (χ3v) is 4.31.